The highest BCUT2D eigenvalue weighted by Gasteiger charge is 2.14. The van der Waals surface area contributed by atoms with Crippen LogP contribution in [0.15, 0.2) is 41.9 Å². The lowest BCUT2D eigenvalue weighted by atomic mass is 10.2. The summed E-state index contributed by atoms with van der Waals surface area (Å²) in [6.07, 6.45) is 1.56. The van der Waals surface area contributed by atoms with E-state index in [1.807, 2.05) is 6.92 Å². The van der Waals surface area contributed by atoms with Crippen molar-refractivity contribution in [1.29, 1.82) is 0 Å². The fraction of sp³-hybridized carbons (Fsp3) is 0.188. The number of ether oxygens (including phenoxy) is 1. The molecular formula is C16H14F2N4O2S. The molecule has 0 atom stereocenters. The van der Waals surface area contributed by atoms with E-state index in [-0.39, 0.29) is 11.7 Å². The third-order valence-electron chi connectivity index (χ3n) is 3.35. The molecule has 3 aromatic rings. The number of aromatic nitrogens is 3. The summed E-state index contributed by atoms with van der Waals surface area (Å²) in [5.74, 6) is -0.212. The summed E-state index contributed by atoms with van der Waals surface area (Å²) in [5.41, 5.74) is 1.82. The molecule has 0 radical (unpaired) electrons. The van der Waals surface area contributed by atoms with E-state index in [9.17, 15) is 13.6 Å². The van der Waals surface area contributed by atoms with Gasteiger partial charge in [0.25, 0.3) is 5.91 Å². The number of hydrogen-bond donors (Lipinski definition) is 1. The number of nitrogens with zero attached hydrogens (tertiary/aromatic N) is 3. The third kappa shape index (κ3) is 4.00. The lowest BCUT2D eigenvalue weighted by Crippen LogP contribution is -2.17. The zero-order chi connectivity index (χ0) is 17.8. The minimum absolute atomic E-state index is 0.0790. The predicted octanol–water partition coefficient (Wildman–Crippen LogP) is 3.88. The van der Waals surface area contributed by atoms with Crippen molar-refractivity contribution in [2.75, 3.05) is 5.32 Å². The number of thiazole rings is 1. The summed E-state index contributed by atoms with van der Waals surface area (Å²) in [6, 6.07) is 7.78. The van der Waals surface area contributed by atoms with E-state index in [1.165, 1.54) is 23.5 Å². The first-order valence-corrected chi connectivity index (χ1v) is 8.28. The van der Waals surface area contributed by atoms with Crippen molar-refractivity contribution in [3.8, 4) is 17.0 Å². The number of carbonyl (C=O) groups excluding carboxylic acids is 1. The molecule has 9 heteroatoms. The topological polar surface area (TPSA) is 69.0 Å². The Kier molecular flexibility index (Phi) is 5.03. The number of nitrogens with one attached hydrogen (secondary N) is 1. The molecule has 0 bridgehead atoms. The van der Waals surface area contributed by atoms with Crippen LogP contribution in [0, 0.1) is 0 Å². The molecule has 2 aromatic heterocycles. The maximum Gasteiger partial charge on any atom is 0.387 e. The van der Waals surface area contributed by atoms with E-state index >= 15 is 0 Å². The quantitative estimate of drug-likeness (QED) is 0.721. The third-order valence-corrected chi connectivity index (χ3v) is 4.11. The molecule has 0 aliphatic carbocycles. The summed E-state index contributed by atoms with van der Waals surface area (Å²) in [6.45, 7) is -0.373. The number of carbonyl (C=O) groups is 1. The average Bonchev–Trinajstić information content (AvgIpc) is 3.23. The Labute approximate surface area is 146 Å². The normalized spacial score (nSPS) is 10.9. The van der Waals surface area contributed by atoms with Crippen LogP contribution in [-0.4, -0.2) is 27.3 Å². The van der Waals surface area contributed by atoms with Crippen LogP contribution in [0.25, 0.3) is 11.3 Å². The molecule has 0 fully saturated rings. The smallest absolute Gasteiger partial charge is 0.387 e. The van der Waals surface area contributed by atoms with Crippen LogP contribution in [-0.2, 0) is 6.54 Å². The number of alkyl halides is 2. The molecule has 0 saturated heterocycles. The first-order valence-electron chi connectivity index (χ1n) is 7.40. The molecule has 1 N–H and O–H groups in total. The van der Waals surface area contributed by atoms with Gasteiger partial charge in [0.1, 0.15) is 11.4 Å². The number of anilines is 1. The molecule has 0 saturated carbocycles. The maximum absolute atomic E-state index is 12.3. The first kappa shape index (κ1) is 17.0. The molecule has 0 spiro atoms. The van der Waals surface area contributed by atoms with Crippen molar-refractivity contribution in [2.24, 2.45) is 0 Å². The molecule has 3 rings (SSSR count). The van der Waals surface area contributed by atoms with Gasteiger partial charge in [0.2, 0.25) is 0 Å². The van der Waals surface area contributed by atoms with Crippen molar-refractivity contribution in [3.63, 3.8) is 0 Å². The molecule has 130 valence electrons. The Bertz CT molecular complexity index is 861. The highest BCUT2D eigenvalue weighted by molar-refractivity contribution is 7.14. The predicted molar refractivity (Wildman–Crippen MR) is 90.0 cm³/mol. The number of benzene rings is 1. The van der Waals surface area contributed by atoms with E-state index < -0.39 is 6.61 Å². The van der Waals surface area contributed by atoms with Crippen molar-refractivity contribution >= 4 is 22.4 Å². The highest BCUT2D eigenvalue weighted by atomic mass is 32.1. The van der Waals surface area contributed by atoms with E-state index in [0.29, 0.717) is 23.1 Å². The molecule has 0 aliphatic heterocycles. The van der Waals surface area contributed by atoms with E-state index in [1.54, 1.807) is 34.5 Å². The van der Waals surface area contributed by atoms with Gasteiger partial charge in [-0.15, -0.1) is 11.3 Å². The Morgan fingerprint density at radius 3 is 2.76 bits per heavy atom. The second-order valence-electron chi connectivity index (χ2n) is 4.93. The van der Waals surface area contributed by atoms with Crippen LogP contribution in [0.2, 0.25) is 0 Å². The second kappa shape index (κ2) is 7.39. The first-order chi connectivity index (χ1) is 12.1. The summed E-state index contributed by atoms with van der Waals surface area (Å²) < 4.78 is 30.2. The van der Waals surface area contributed by atoms with Crippen molar-refractivity contribution < 1.29 is 18.3 Å². The van der Waals surface area contributed by atoms with Crippen LogP contribution >= 0.6 is 11.3 Å². The van der Waals surface area contributed by atoms with Crippen molar-refractivity contribution in [3.05, 3.63) is 47.6 Å². The van der Waals surface area contributed by atoms with Crippen LogP contribution < -0.4 is 10.1 Å². The van der Waals surface area contributed by atoms with E-state index in [0.717, 1.165) is 5.56 Å². The van der Waals surface area contributed by atoms with Gasteiger partial charge in [-0.3, -0.25) is 14.8 Å². The van der Waals surface area contributed by atoms with Crippen LogP contribution in [0.5, 0.6) is 5.75 Å². The molecular weight excluding hydrogens is 350 g/mol. The van der Waals surface area contributed by atoms with Crippen LogP contribution in [0.3, 0.4) is 0 Å². The van der Waals surface area contributed by atoms with Gasteiger partial charge < -0.3 is 4.74 Å². The van der Waals surface area contributed by atoms with Gasteiger partial charge in [0.05, 0.1) is 5.69 Å². The second-order valence-corrected chi connectivity index (χ2v) is 5.79. The van der Waals surface area contributed by atoms with Gasteiger partial charge in [0.15, 0.2) is 5.13 Å². The maximum atomic E-state index is 12.3. The van der Waals surface area contributed by atoms with Gasteiger partial charge in [-0.2, -0.15) is 13.9 Å². The average molecular weight is 364 g/mol. The molecule has 1 amide bonds. The van der Waals surface area contributed by atoms with Crippen molar-refractivity contribution in [1.82, 2.24) is 14.8 Å². The van der Waals surface area contributed by atoms with Gasteiger partial charge in [-0.1, -0.05) is 0 Å². The molecule has 1 aromatic carbocycles. The Balaban J connectivity index is 1.71. The van der Waals surface area contributed by atoms with Crippen LogP contribution in [0.4, 0.5) is 13.9 Å². The zero-order valence-corrected chi connectivity index (χ0v) is 14.0. The van der Waals surface area contributed by atoms with Gasteiger partial charge in [0, 0.05) is 23.7 Å². The van der Waals surface area contributed by atoms with Gasteiger partial charge >= 0.3 is 6.61 Å². The lowest BCUT2D eigenvalue weighted by molar-refractivity contribution is -0.0498. The standard InChI is InChI=1S/C16H14F2N4O2S/c1-2-22-13(7-8-19-22)14(23)21-16-20-12(9-25-16)10-3-5-11(6-4-10)24-15(17)18/h3-9,15H,2H2,1H3,(H,20,21,23). The number of rotatable bonds is 6. The zero-order valence-electron chi connectivity index (χ0n) is 13.1. The number of amides is 1. The van der Waals surface area contributed by atoms with Gasteiger partial charge in [-0.05, 0) is 37.3 Å². The summed E-state index contributed by atoms with van der Waals surface area (Å²) in [5, 5.41) is 9.00. The monoisotopic (exact) mass is 364 g/mol. The Morgan fingerprint density at radius 1 is 1.32 bits per heavy atom. The Morgan fingerprint density at radius 2 is 2.08 bits per heavy atom. The van der Waals surface area contributed by atoms with E-state index in [4.69, 9.17) is 0 Å². The van der Waals surface area contributed by atoms with Crippen molar-refractivity contribution in [2.45, 2.75) is 20.1 Å². The fourth-order valence-electron chi connectivity index (χ4n) is 2.21. The largest absolute Gasteiger partial charge is 0.435 e. The minimum Gasteiger partial charge on any atom is -0.435 e. The number of halogens is 2. The minimum atomic E-state index is -2.86. The van der Waals surface area contributed by atoms with Crippen LogP contribution in [0.1, 0.15) is 17.4 Å². The molecule has 0 aliphatic rings. The fourth-order valence-corrected chi connectivity index (χ4v) is 2.92. The summed E-state index contributed by atoms with van der Waals surface area (Å²) in [7, 11) is 0. The molecule has 6 nitrogen and oxygen atoms in total. The molecule has 2 heterocycles. The highest BCUT2D eigenvalue weighted by Crippen LogP contribution is 2.27. The lowest BCUT2D eigenvalue weighted by Gasteiger charge is -2.05. The molecule has 25 heavy (non-hydrogen) atoms. The summed E-state index contributed by atoms with van der Waals surface area (Å²) >= 11 is 1.27. The Hall–Kier alpha value is -2.81. The summed E-state index contributed by atoms with van der Waals surface area (Å²) in [4.78, 5) is 16.6. The molecule has 0 unspecified atom stereocenters. The van der Waals surface area contributed by atoms with E-state index in [2.05, 4.69) is 20.1 Å². The SMILES string of the molecule is CCn1nccc1C(=O)Nc1nc(-c2ccc(OC(F)F)cc2)cs1. The number of hydrogen-bond acceptors (Lipinski definition) is 5. The number of aryl methyl sites for hydroxylation is 1. The van der Waals surface area contributed by atoms with Gasteiger partial charge in [-0.25, -0.2) is 4.98 Å².